The summed E-state index contributed by atoms with van der Waals surface area (Å²) in [5.74, 6) is 4.08. The summed E-state index contributed by atoms with van der Waals surface area (Å²) in [5, 5.41) is 13.7. The van der Waals surface area contributed by atoms with Gasteiger partial charge in [0.1, 0.15) is 0 Å². The van der Waals surface area contributed by atoms with Gasteiger partial charge in [-0.2, -0.15) is 0 Å². The standard InChI is InChI=1S/C46H60ClNO3/c1-28-25-33(28)26-32-17-22-46(41(51)48-27-29-7-13-34(47)14-8-29)24-23-44(5)36(39(32)46)15-16-38-43(4)20-18-35(30-9-11-31(12-10-30)40(49)50)42(2,3)37(43)19-21-45(38,44)6/h7-14,18,28,32-33,36-39H,15-17,19-27H2,1-6H3,(H,48,51)(H,49,50)/t28?,32-,33?,36+,37-,38+,39+,43-,44+,45+,46-/m0/s1. The summed E-state index contributed by atoms with van der Waals surface area (Å²) in [6.07, 6.45) is 15.8. The van der Waals surface area contributed by atoms with E-state index < -0.39 is 5.97 Å². The summed E-state index contributed by atoms with van der Waals surface area (Å²) < 4.78 is 0. The monoisotopic (exact) mass is 709 g/mol. The van der Waals surface area contributed by atoms with E-state index in [1.165, 1.54) is 56.1 Å². The van der Waals surface area contributed by atoms with E-state index in [2.05, 4.69) is 52.9 Å². The molecule has 6 aliphatic rings. The van der Waals surface area contributed by atoms with Crippen molar-refractivity contribution >= 4 is 29.1 Å². The SMILES string of the molecule is CC1CC1C[C@@H]1CC[C@]2(C(=O)NCc3ccc(Cl)cc3)CC[C@]3(C)[C@H](CC[C@@H]4[C@@]5(C)CC=C(c6ccc(C(=O)O)cc6)C(C)(C)[C@@H]5CC[C@]43C)[C@@H]12. The number of hydrogen-bond donors (Lipinski definition) is 2. The maximum Gasteiger partial charge on any atom is 0.335 e. The Morgan fingerprint density at radius 1 is 0.824 bits per heavy atom. The molecule has 51 heavy (non-hydrogen) atoms. The average molecular weight is 710 g/mol. The van der Waals surface area contributed by atoms with Gasteiger partial charge in [-0.05, 0) is 175 Å². The largest absolute Gasteiger partial charge is 0.478 e. The maximum absolute atomic E-state index is 14.6. The molecular weight excluding hydrogens is 650 g/mol. The fraction of sp³-hybridized carbons (Fsp3) is 0.652. The quantitative estimate of drug-likeness (QED) is 0.301. The van der Waals surface area contributed by atoms with Crippen molar-refractivity contribution in [3.05, 3.63) is 76.3 Å². The molecular formula is C46H60ClNO3. The van der Waals surface area contributed by atoms with Crippen LogP contribution < -0.4 is 5.32 Å². The Morgan fingerprint density at radius 2 is 1.53 bits per heavy atom. The van der Waals surface area contributed by atoms with Crippen LogP contribution in [-0.2, 0) is 11.3 Å². The molecule has 6 aliphatic carbocycles. The third-order valence-electron chi connectivity index (χ3n) is 17.3. The third kappa shape index (κ3) is 5.33. The molecule has 0 aromatic heterocycles. The normalized spacial score (nSPS) is 42.0. The van der Waals surface area contributed by atoms with Crippen LogP contribution in [0, 0.1) is 68.5 Å². The van der Waals surface area contributed by atoms with Crippen molar-refractivity contribution < 1.29 is 14.7 Å². The van der Waals surface area contributed by atoms with E-state index in [1.54, 1.807) is 12.1 Å². The highest BCUT2D eigenvalue weighted by Gasteiger charge is 2.71. The van der Waals surface area contributed by atoms with Crippen molar-refractivity contribution in [3.63, 3.8) is 0 Å². The van der Waals surface area contributed by atoms with Crippen LogP contribution in [0.15, 0.2) is 54.6 Å². The highest BCUT2D eigenvalue weighted by atomic mass is 35.5. The van der Waals surface area contributed by atoms with Gasteiger partial charge in [-0.1, -0.05) is 83.5 Å². The number of hydrogen-bond acceptors (Lipinski definition) is 2. The maximum atomic E-state index is 14.6. The summed E-state index contributed by atoms with van der Waals surface area (Å²) in [4.78, 5) is 26.2. The molecule has 2 N–H and O–H groups in total. The molecule has 0 spiro atoms. The predicted molar refractivity (Wildman–Crippen MR) is 206 cm³/mol. The number of carboxylic acid groups (broad SMARTS) is 1. The summed E-state index contributed by atoms with van der Waals surface area (Å²) in [6.45, 7) is 15.9. The zero-order chi connectivity index (χ0) is 36.1. The molecule has 2 aromatic rings. The second-order valence-corrected chi connectivity index (χ2v) is 20.0. The second-order valence-electron chi connectivity index (χ2n) is 19.6. The lowest BCUT2D eigenvalue weighted by Gasteiger charge is -2.72. The molecule has 5 saturated carbocycles. The molecule has 5 heteroatoms. The van der Waals surface area contributed by atoms with Crippen LogP contribution in [0.3, 0.4) is 0 Å². The van der Waals surface area contributed by atoms with Crippen molar-refractivity contribution in [2.45, 2.75) is 119 Å². The number of carboxylic acids is 1. The van der Waals surface area contributed by atoms with Gasteiger partial charge in [0.2, 0.25) is 5.91 Å². The molecule has 2 aromatic carbocycles. The Morgan fingerprint density at radius 3 is 2.20 bits per heavy atom. The number of carbonyl (C=O) groups is 2. The Labute approximate surface area is 311 Å². The van der Waals surface area contributed by atoms with Gasteiger partial charge in [0.15, 0.2) is 0 Å². The Kier molecular flexibility index (Phi) is 8.49. The Balaban J connectivity index is 1.10. The van der Waals surface area contributed by atoms with E-state index >= 15 is 0 Å². The second kappa shape index (κ2) is 12.2. The topological polar surface area (TPSA) is 66.4 Å². The van der Waals surface area contributed by atoms with E-state index in [-0.39, 0.29) is 27.1 Å². The highest BCUT2D eigenvalue weighted by molar-refractivity contribution is 6.30. The predicted octanol–water partition coefficient (Wildman–Crippen LogP) is 11.5. The van der Waals surface area contributed by atoms with Gasteiger partial charge >= 0.3 is 5.97 Å². The van der Waals surface area contributed by atoms with Gasteiger partial charge in [-0.15, -0.1) is 0 Å². The molecule has 2 unspecified atom stereocenters. The van der Waals surface area contributed by atoms with Gasteiger partial charge in [-0.3, -0.25) is 4.79 Å². The fourth-order valence-corrected chi connectivity index (χ4v) is 14.5. The Bertz CT molecular complexity index is 1730. The van der Waals surface area contributed by atoms with E-state index in [0.29, 0.717) is 47.6 Å². The molecule has 274 valence electrons. The number of amides is 1. The molecule has 0 bridgehead atoms. The van der Waals surface area contributed by atoms with Gasteiger partial charge < -0.3 is 10.4 Å². The fourth-order valence-electron chi connectivity index (χ4n) is 14.4. The first kappa shape index (κ1) is 35.4. The van der Waals surface area contributed by atoms with Gasteiger partial charge in [0.25, 0.3) is 0 Å². The zero-order valence-corrected chi connectivity index (χ0v) is 32.6. The van der Waals surface area contributed by atoms with E-state index in [0.717, 1.165) is 48.1 Å². The van der Waals surface area contributed by atoms with Crippen molar-refractivity contribution in [1.29, 1.82) is 0 Å². The minimum atomic E-state index is -0.869. The molecule has 0 saturated heterocycles. The van der Waals surface area contributed by atoms with Crippen molar-refractivity contribution in [2.75, 3.05) is 0 Å². The number of benzene rings is 2. The molecule has 1 amide bonds. The first-order valence-corrected chi connectivity index (χ1v) is 20.6. The minimum absolute atomic E-state index is 0.00176. The number of aromatic carboxylic acids is 1. The lowest BCUT2D eigenvalue weighted by Crippen LogP contribution is -2.66. The van der Waals surface area contributed by atoms with E-state index in [4.69, 9.17) is 11.6 Å². The molecule has 8 rings (SSSR count). The Hall–Kier alpha value is -2.59. The first-order valence-electron chi connectivity index (χ1n) is 20.2. The van der Waals surface area contributed by atoms with Crippen molar-refractivity contribution in [2.24, 2.45) is 68.5 Å². The summed E-state index contributed by atoms with van der Waals surface area (Å²) >= 11 is 6.18. The average Bonchev–Trinajstić information content (AvgIpc) is 3.66. The number of allylic oxidation sites excluding steroid dienone is 2. The number of rotatable bonds is 7. The van der Waals surface area contributed by atoms with Crippen LogP contribution in [-0.4, -0.2) is 17.0 Å². The minimum Gasteiger partial charge on any atom is -0.478 e. The van der Waals surface area contributed by atoms with E-state index in [1.807, 2.05) is 36.4 Å². The highest BCUT2D eigenvalue weighted by Crippen LogP contribution is 2.78. The summed E-state index contributed by atoms with van der Waals surface area (Å²) in [6, 6.07) is 15.5. The van der Waals surface area contributed by atoms with Crippen molar-refractivity contribution in [3.8, 4) is 0 Å². The number of fused-ring (bicyclic) bond motifs is 7. The lowest BCUT2D eigenvalue weighted by molar-refractivity contribution is -0.226. The van der Waals surface area contributed by atoms with Gasteiger partial charge in [0.05, 0.1) is 11.0 Å². The molecule has 5 fully saturated rings. The van der Waals surface area contributed by atoms with Gasteiger partial charge in [-0.25, -0.2) is 4.79 Å². The summed E-state index contributed by atoms with van der Waals surface area (Å²) in [7, 11) is 0. The van der Waals surface area contributed by atoms with Crippen LogP contribution in [0.25, 0.3) is 5.57 Å². The van der Waals surface area contributed by atoms with E-state index in [9.17, 15) is 14.7 Å². The molecule has 0 aliphatic heterocycles. The first-order chi connectivity index (χ1) is 24.1. The number of carbonyl (C=O) groups excluding carboxylic acids is 1. The smallest absolute Gasteiger partial charge is 0.335 e. The van der Waals surface area contributed by atoms with Crippen molar-refractivity contribution in [1.82, 2.24) is 5.32 Å². The molecule has 11 atom stereocenters. The van der Waals surface area contributed by atoms with Gasteiger partial charge in [0, 0.05) is 11.6 Å². The molecule has 0 heterocycles. The lowest BCUT2D eigenvalue weighted by atomic mass is 9.32. The van der Waals surface area contributed by atoms with Crippen LogP contribution in [0.4, 0.5) is 0 Å². The van der Waals surface area contributed by atoms with Crippen LogP contribution in [0.5, 0.6) is 0 Å². The zero-order valence-electron chi connectivity index (χ0n) is 31.9. The third-order valence-corrected chi connectivity index (χ3v) is 17.5. The molecule has 0 radical (unpaired) electrons. The van der Waals surface area contributed by atoms with Crippen LogP contribution in [0.1, 0.15) is 134 Å². The van der Waals surface area contributed by atoms with Crippen LogP contribution in [0.2, 0.25) is 5.02 Å². The molecule has 4 nitrogen and oxygen atoms in total. The number of nitrogens with one attached hydrogen (secondary N) is 1. The van der Waals surface area contributed by atoms with Crippen LogP contribution >= 0.6 is 11.6 Å². The summed E-state index contributed by atoms with van der Waals surface area (Å²) in [5.41, 5.74) is 4.44. The number of halogens is 1.